The lowest BCUT2D eigenvalue weighted by Gasteiger charge is -2.12. The highest BCUT2D eigenvalue weighted by Gasteiger charge is 2.35. The van der Waals surface area contributed by atoms with Gasteiger partial charge in [-0.1, -0.05) is 24.3 Å². The molecule has 1 heterocycles. The summed E-state index contributed by atoms with van der Waals surface area (Å²) in [6.45, 7) is -0.351. The Morgan fingerprint density at radius 2 is 1.71 bits per heavy atom. The number of carboxylic acid groups (broad SMARTS) is 1. The summed E-state index contributed by atoms with van der Waals surface area (Å²) in [6.07, 6.45) is 1.49. The highest BCUT2D eigenvalue weighted by molar-refractivity contribution is 14.1. The summed E-state index contributed by atoms with van der Waals surface area (Å²) in [5.74, 6) is -2.43. The lowest BCUT2D eigenvalue weighted by Crippen LogP contribution is -2.38. The Labute approximate surface area is 243 Å². The van der Waals surface area contributed by atoms with Crippen LogP contribution < -0.4 is 15.4 Å². The van der Waals surface area contributed by atoms with Crippen LogP contribution in [0.3, 0.4) is 0 Å². The molecule has 0 bridgehead atoms. The molecule has 4 rings (SSSR count). The van der Waals surface area contributed by atoms with E-state index in [1.807, 2.05) is 0 Å². The molecule has 194 valence electrons. The van der Waals surface area contributed by atoms with E-state index in [0.717, 1.165) is 17.6 Å². The standard InChI is InChI=1S/C26H18FI2N3O6/c27-17-3-1-2-4-20(17)30-22(33)12-32-24(34)21(31-26(32)37)11-15-9-18(28)23(19(29)10-15)38-13-14-5-7-16(8-6-14)25(35)36/h1-11H,12-13H2,(H,30,33)(H,31,37)(H,35,36)/b21-11+. The molecule has 3 N–H and O–H groups in total. The zero-order chi connectivity index (χ0) is 27.4. The molecule has 0 unspecified atom stereocenters. The van der Waals surface area contributed by atoms with Gasteiger partial charge in [-0.3, -0.25) is 9.59 Å². The van der Waals surface area contributed by atoms with E-state index in [4.69, 9.17) is 9.84 Å². The minimum Gasteiger partial charge on any atom is -0.487 e. The fraction of sp³-hybridized carbons (Fsp3) is 0.0769. The van der Waals surface area contributed by atoms with Gasteiger partial charge < -0.3 is 20.5 Å². The third kappa shape index (κ3) is 6.48. The number of aromatic carboxylic acids is 1. The largest absolute Gasteiger partial charge is 0.487 e. The molecule has 1 aliphatic rings. The molecule has 38 heavy (non-hydrogen) atoms. The van der Waals surface area contributed by atoms with Crippen LogP contribution in [-0.4, -0.2) is 40.4 Å². The van der Waals surface area contributed by atoms with Crippen molar-refractivity contribution in [2.24, 2.45) is 0 Å². The topological polar surface area (TPSA) is 125 Å². The molecule has 0 radical (unpaired) electrons. The van der Waals surface area contributed by atoms with Crippen molar-refractivity contribution in [2.45, 2.75) is 6.61 Å². The van der Waals surface area contributed by atoms with Gasteiger partial charge in [-0.25, -0.2) is 18.9 Å². The lowest BCUT2D eigenvalue weighted by atomic mass is 10.1. The van der Waals surface area contributed by atoms with Crippen LogP contribution in [0.4, 0.5) is 14.9 Å². The minimum absolute atomic E-state index is 0.00696. The van der Waals surface area contributed by atoms with Crippen LogP contribution in [0.1, 0.15) is 21.5 Å². The number of carbonyl (C=O) groups is 4. The summed E-state index contributed by atoms with van der Waals surface area (Å²) in [4.78, 5) is 49.2. The van der Waals surface area contributed by atoms with E-state index >= 15 is 0 Å². The van der Waals surface area contributed by atoms with Crippen molar-refractivity contribution in [3.63, 3.8) is 0 Å². The number of para-hydroxylation sites is 1. The number of halogens is 3. The summed E-state index contributed by atoms with van der Waals surface area (Å²) < 4.78 is 21.2. The number of hydrogen-bond donors (Lipinski definition) is 3. The Bertz CT molecular complexity index is 1450. The van der Waals surface area contributed by atoms with Crippen molar-refractivity contribution < 1.29 is 33.4 Å². The number of nitrogens with zero attached hydrogens (tertiary/aromatic N) is 1. The van der Waals surface area contributed by atoms with E-state index in [2.05, 4.69) is 55.8 Å². The zero-order valence-corrected chi connectivity index (χ0v) is 23.6. The first-order chi connectivity index (χ1) is 18.1. The Morgan fingerprint density at radius 3 is 2.34 bits per heavy atom. The second-order valence-corrected chi connectivity index (χ2v) is 10.3. The highest BCUT2D eigenvalue weighted by Crippen LogP contribution is 2.31. The summed E-state index contributed by atoms with van der Waals surface area (Å²) in [5, 5.41) is 13.8. The Hall–Kier alpha value is -3.53. The molecule has 1 aliphatic heterocycles. The number of ether oxygens (including phenoxy) is 1. The van der Waals surface area contributed by atoms with Crippen molar-refractivity contribution in [3.05, 3.63) is 96.0 Å². The van der Waals surface area contributed by atoms with Crippen LogP contribution in [0.25, 0.3) is 6.08 Å². The monoisotopic (exact) mass is 741 g/mol. The second kappa shape index (κ2) is 11.9. The lowest BCUT2D eigenvalue weighted by molar-refractivity contribution is -0.127. The van der Waals surface area contributed by atoms with Crippen molar-refractivity contribution >= 4 is 80.8 Å². The summed E-state index contributed by atoms with van der Waals surface area (Å²) >= 11 is 4.19. The second-order valence-electron chi connectivity index (χ2n) is 8.01. The van der Waals surface area contributed by atoms with Gasteiger partial charge in [-0.2, -0.15) is 0 Å². The number of amides is 4. The Morgan fingerprint density at radius 1 is 1.05 bits per heavy atom. The molecule has 3 aromatic rings. The molecule has 0 aliphatic carbocycles. The average Bonchev–Trinajstić information content (AvgIpc) is 3.12. The normalized spacial score (nSPS) is 14.0. The molecule has 0 aromatic heterocycles. The smallest absolute Gasteiger partial charge is 0.335 e. The summed E-state index contributed by atoms with van der Waals surface area (Å²) in [7, 11) is 0. The molecular formula is C26H18FI2N3O6. The van der Waals surface area contributed by atoms with Gasteiger partial charge in [0.2, 0.25) is 5.91 Å². The van der Waals surface area contributed by atoms with Crippen LogP contribution in [0.15, 0.2) is 66.4 Å². The van der Waals surface area contributed by atoms with Gasteiger partial charge in [0.15, 0.2) is 0 Å². The maximum Gasteiger partial charge on any atom is 0.335 e. The number of anilines is 1. The van der Waals surface area contributed by atoms with E-state index in [9.17, 15) is 23.6 Å². The quantitative estimate of drug-likeness (QED) is 0.173. The third-order valence-electron chi connectivity index (χ3n) is 5.33. The van der Waals surface area contributed by atoms with Crippen LogP contribution in [0.2, 0.25) is 0 Å². The number of carboxylic acids is 1. The third-order valence-corrected chi connectivity index (χ3v) is 6.93. The SMILES string of the molecule is O=C(CN1C(=O)N/C(=C/c2cc(I)c(OCc3ccc(C(=O)O)cc3)c(I)c2)C1=O)Nc1ccccc1F. The molecule has 1 saturated heterocycles. The average molecular weight is 741 g/mol. The number of imide groups is 1. The van der Waals surface area contributed by atoms with Crippen molar-refractivity contribution in [2.75, 3.05) is 11.9 Å². The van der Waals surface area contributed by atoms with E-state index in [0.29, 0.717) is 11.3 Å². The Balaban J connectivity index is 1.43. The predicted molar refractivity (Wildman–Crippen MR) is 153 cm³/mol. The zero-order valence-electron chi connectivity index (χ0n) is 19.3. The molecule has 0 atom stereocenters. The molecule has 1 fully saturated rings. The van der Waals surface area contributed by atoms with Gasteiger partial charge in [0, 0.05) is 0 Å². The van der Waals surface area contributed by atoms with Gasteiger partial charge in [0.1, 0.15) is 30.4 Å². The van der Waals surface area contributed by atoms with Gasteiger partial charge in [0.25, 0.3) is 5.91 Å². The number of urea groups is 1. The van der Waals surface area contributed by atoms with Gasteiger partial charge in [-0.05, 0) is 98.8 Å². The van der Waals surface area contributed by atoms with Crippen LogP contribution in [-0.2, 0) is 16.2 Å². The summed E-state index contributed by atoms with van der Waals surface area (Å²) in [6, 6.07) is 14.7. The van der Waals surface area contributed by atoms with Crippen LogP contribution in [0, 0.1) is 13.0 Å². The van der Waals surface area contributed by atoms with Crippen LogP contribution in [0.5, 0.6) is 5.75 Å². The molecule has 3 aromatic carbocycles. The first kappa shape index (κ1) is 27.5. The highest BCUT2D eigenvalue weighted by atomic mass is 127. The maximum atomic E-state index is 13.8. The molecule has 12 heteroatoms. The predicted octanol–water partition coefficient (Wildman–Crippen LogP) is 4.84. The fourth-order valence-electron chi connectivity index (χ4n) is 3.48. The van der Waals surface area contributed by atoms with E-state index < -0.39 is 36.2 Å². The molecule has 0 saturated carbocycles. The van der Waals surface area contributed by atoms with E-state index in [1.54, 1.807) is 30.3 Å². The number of benzene rings is 3. The molecule has 4 amide bonds. The number of hydrogen-bond acceptors (Lipinski definition) is 5. The Kier molecular flexibility index (Phi) is 8.61. The van der Waals surface area contributed by atoms with E-state index in [-0.39, 0.29) is 23.6 Å². The number of nitrogens with one attached hydrogen (secondary N) is 2. The van der Waals surface area contributed by atoms with Gasteiger partial charge >= 0.3 is 12.0 Å². The number of carbonyl (C=O) groups excluding carboxylic acids is 3. The fourth-order valence-corrected chi connectivity index (χ4v) is 5.61. The van der Waals surface area contributed by atoms with Crippen molar-refractivity contribution in [1.29, 1.82) is 0 Å². The minimum atomic E-state index is -1.00. The van der Waals surface area contributed by atoms with Gasteiger partial charge in [-0.15, -0.1) is 0 Å². The first-order valence-corrected chi connectivity index (χ1v) is 13.1. The first-order valence-electron chi connectivity index (χ1n) is 11.0. The summed E-state index contributed by atoms with van der Waals surface area (Å²) in [5.41, 5.74) is 1.55. The molecular weight excluding hydrogens is 723 g/mol. The van der Waals surface area contributed by atoms with E-state index in [1.165, 1.54) is 36.4 Å². The van der Waals surface area contributed by atoms with Gasteiger partial charge in [0.05, 0.1) is 18.4 Å². The van der Waals surface area contributed by atoms with Crippen molar-refractivity contribution in [1.82, 2.24) is 10.2 Å². The van der Waals surface area contributed by atoms with Crippen LogP contribution >= 0.6 is 45.2 Å². The molecule has 0 spiro atoms. The maximum absolute atomic E-state index is 13.8. The molecule has 9 nitrogen and oxygen atoms in total. The van der Waals surface area contributed by atoms with Crippen molar-refractivity contribution in [3.8, 4) is 5.75 Å². The number of rotatable bonds is 8.